The maximum atomic E-state index is 10.4. The summed E-state index contributed by atoms with van der Waals surface area (Å²) in [5, 5.41) is 19.2. The molecule has 0 radical (unpaired) electrons. The molecule has 0 unspecified atom stereocenters. The van der Waals surface area contributed by atoms with Crippen LogP contribution in [0.4, 0.5) is 0 Å². The highest BCUT2D eigenvalue weighted by atomic mass is 16.3. The van der Waals surface area contributed by atoms with Crippen molar-refractivity contribution in [3.8, 4) is 17.9 Å². The van der Waals surface area contributed by atoms with Crippen LogP contribution in [-0.2, 0) is 6.42 Å². The maximum Gasteiger partial charge on any atom is 0.0991 e. The lowest BCUT2D eigenvalue weighted by Crippen LogP contribution is -2.19. The third kappa shape index (κ3) is 2.82. The molecule has 102 valence electrons. The molecule has 2 aromatic carbocycles. The normalized spacial score (nSPS) is 19.8. The van der Waals surface area contributed by atoms with Gasteiger partial charge < -0.3 is 5.11 Å². The second kappa shape index (κ2) is 5.83. The number of nitrogens with zero attached hydrogens (tertiary/aromatic N) is 1. The van der Waals surface area contributed by atoms with Gasteiger partial charge >= 0.3 is 0 Å². The van der Waals surface area contributed by atoms with Gasteiger partial charge in [-0.15, -0.1) is 0 Å². The molecule has 0 saturated heterocycles. The summed E-state index contributed by atoms with van der Waals surface area (Å²) in [5.74, 6) is 6.26. The van der Waals surface area contributed by atoms with Gasteiger partial charge in [-0.3, -0.25) is 0 Å². The number of aliphatic hydroxyl groups excluding tert-OH is 1. The highest BCUT2D eigenvalue weighted by Crippen LogP contribution is 2.33. The van der Waals surface area contributed by atoms with Crippen LogP contribution in [0.2, 0.25) is 0 Å². The fourth-order valence-corrected chi connectivity index (χ4v) is 2.69. The number of aliphatic hydroxyl groups is 1. The van der Waals surface area contributed by atoms with Gasteiger partial charge in [0.05, 0.1) is 23.7 Å². The summed E-state index contributed by atoms with van der Waals surface area (Å²) in [7, 11) is 0. The minimum Gasteiger partial charge on any atom is -0.387 e. The zero-order chi connectivity index (χ0) is 14.7. The molecule has 0 amide bonds. The topological polar surface area (TPSA) is 44.0 Å². The number of rotatable bonds is 0. The third-order valence-electron chi connectivity index (χ3n) is 3.90. The van der Waals surface area contributed by atoms with Crippen LogP contribution in [0.3, 0.4) is 0 Å². The Morgan fingerprint density at radius 2 is 1.71 bits per heavy atom. The fourth-order valence-electron chi connectivity index (χ4n) is 2.69. The van der Waals surface area contributed by atoms with Gasteiger partial charge in [-0.05, 0) is 48.2 Å². The second-order valence-corrected chi connectivity index (χ2v) is 5.25. The van der Waals surface area contributed by atoms with E-state index in [-0.39, 0.29) is 5.92 Å². The van der Waals surface area contributed by atoms with Crippen molar-refractivity contribution in [3.63, 3.8) is 0 Å². The summed E-state index contributed by atoms with van der Waals surface area (Å²) in [6.07, 6.45) is 1.32. The van der Waals surface area contributed by atoms with E-state index >= 15 is 0 Å². The van der Waals surface area contributed by atoms with Gasteiger partial charge in [0.15, 0.2) is 0 Å². The Morgan fingerprint density at radius 1 is 1.00 bits per heavy atom. The molecule has 0 aromatic heterocycles. The molecule has 2 aromatic rings. The van der Waals surface area contributed by atoms with Crippen LogP contribution in [0.5, 0.6) is 0 Å². The van der Waals surface area contributed by atoms with E-state index < -0.39 is 6.10 Å². The van der Waals surface area contributed by atoms with E-state index in [2.05, 4.69) is 24.0 Å². The SMILES string of the molecule is N#Cc1ccc(C#C[C@H]2CCc3ccccc3[C@H]2O)cc1. The van der Waals surface area contributed by atoms with Crippen LogP contribution in [0, 0.1) is 29.1 Å². The monoisotopic (exact) mass is 273 g/mol. The predicted molar refractivity (Wildman–Crippen MR) is 81.2 cm³/mol. The Kier molecular flexibility index (Phi) is 3.73. The molecular formula is C19H15NO. The van der Waals surface area contributed by atoms with Crippen molar-refractivity contribution in [2.45, 2.75) is 18.9 Å². The first kappa shape index (κ1) is 13.4. The average Bonchev–Trinajstić information content (AvgIpc) is 2.55. The number of hydrogen-bond donors (Lipinski definition) is 1. The summed E-state index contributed by atoms with van der Waals surface area (Å²) < 4.78 is 0. The largest absolute Gasteiger partial charge is 0.387 e. The molecule has 1 aliphatic rings. The van der Waals surface area contributed by atoms with Gasteiger partial charge in [-0.1, -0.05) is 36.1 Å². The minimum atomic E-state index is -0.513. The second-order valence-electron chi connectivity index (χ2n) is 5.25. The smallest absolute Gasteiger partial charge is 0.0991 e. The Morgan fingerprint density at radius 3 is 2.48 bits per heavy atom. The molecule has 0 saturated carbocycles. The Labute approximate surface area is 124 Å². The molecule has 0 fully saturated rings. The van der Waals surface area contributed by atoms with Gasteiger partial charge in [0.25, 0.3) is 0 Å². The van der Waals surface area contributed by atoms with E-state index in [1.165, 1.54) is 5.56 Å². The first-order valence-electron chi connectivity index (χ1n) is 7.05. The lowest BCUT2D eigenvalue weighted by Gasteiger charge is -2.26. The van der Waals surface area contributed by atoms with Crippen molar-refractivity contribution in [2.24, 2.45) is 5.92 Å². The predicted octanol–water partition coefficient (Wildman–Crippen LogP) is 3.21. The van der Waals surface area contributed by atoms with Gasteiger partial charge in [-0.25, -0.2) is 0 Å². The van der Waals surface area contributed by atoms with Crippen LogP contribution >= 0.6 is 0 Å². The van der Waals surface area contributed by atoms with Crippen molar-refractivity contribution in [1.29, 1.82) is 5.26 Å². The maximum absolute atomic E-state index is 10.4. The van der Waals surface area contributed by atoms with E-state index in [1.807, 2.05) is 30.3 Å². The lowest BCUT2D eigenvalue weighted by atomic mass is 9.82. The molecule has 2 atom stereocenters. The van der Waals surface area contributed by atoms with Crippen LogP contribution in [0.1, 0.15) is 34.8 Å². The van der Waals surface area contributed by atoms with Crippen molar-refractivity contribution in [2.75, 3.05) is 0 Å². The third-order valence-corrected chi connectivity index (χ3v) is 3.90. The van der Waals surface area contributed by atoms with Gasteiger partial charge in [-0.2, -0.15) is 5.26 Å². The van der Waals surface area contributed by atoms with Crippen LogP contribution in [0.15, 0.2) is 48.5 Å². The minimum absolute atomic E-state index is 0.0319. The summed E-state index contributed by atoms with van der Waals surface area (Å²) in [6, 6.07) is 17.3. The van der Waals surface area contributed by atoms with E-state index in [4.69, 9.17) is 5.26 Å². The summed E-state index contributed by atoms with van der Waals surface area (Å²) in [4.78, 5) is 0. The number of fused-ring (bicyclic) bond motifs is 1. The van der Waals surface area contributed by atoms with E-state index in [9.17, 15) is 5.11 Å². The van der Waals surface area contributed by atoms with Crippen molar-refractivity contribution in [1.82, 2.24) is 0 Å². The van der Waals surface area contributed by atoms with Gasteiger partial charge in [0, 0.05) is 5.56 Å². The molecule has 1 N–H and O–H groups in total. The van der Waals surface area contributed by atoms with E-state index in [0.717, 1.165) is 24.0 Å². The summed E-state index contributed by atoms with van der Waals surface area (Å²) in [6.45, 7) is 0. The van der Waals surface area contributed by atoms with Crippen LogP contribution < -0.4 is 0 Å². The van der Waals surface area contributed by atoms with Crippen LogP contribution in [0.25, 0.3) is 0 Å². The summed E-state index contributed by atoms with van der Waals surface area (Å²) >= 11 is 0. The molecule has 2 heteroatoms. The molecule has 0 spiro atoms. The standard InChI is InChI=1S/C19H15NO/c20-13-15-7-5-14(6-8-15)9-10-17-12-11-16-3-1-2-4-18(16)19(17)21/h1-8,17,19,21H,11-12H2/t17-,19-/m0/s1. The molecule has 2 nitrogen and oxygen atoms in total. The van der Waals surface area contributed by atoms with Crippen molar-refractivity contribution in [3.05, 3.63) is 70.8 Å². The zero-order valence-corrected chi connectivity index (χ0v) is 11.6. The van der Waals surface area contributed by atoms with Crippen molar-refractivity contribution >= 4 is 0 Å². The van der Waals surface area contributed by atoms with Crippen molar-refractivity contribution < 1.29 is 5.11 Å². The molecule has 0 aliphatic heterocycles. The molecule has 21 heavy (non-hydrogen) atoms. The number of nitriles is 1. The quantitative estimate of drug-likeness (QED) is 0.749. The average molecular weight is 273 g/mol. The van der Waals surface area contributed by atoms with E-state index in [1.54, 1.807) is 12.1 Å². The highest BCUT2D eigenvalue weighted by Gasteiger charge is 2.25. The Balaban J connectivity index is 1.80. The van der Waals surface area contributed by atoms with Gasteiger partial charge in [0.1, 0.15) is 0 Å². The van der Waals surface area contributed by atoms with Gasteiger partial charge in [0.2, 0.25) is 0 Å². The Bertz CT molecular complexity index is 744. The van der Waals surface area contributed by atoms with Crippen LogP contribution in [-0.4, -0.2) is 5.11 Å². The fraction of sp³-hybridized carbons (Fsp3) is 0.211. The molecule has 0 heterocycles. The molecular weight excluding hydrogens is 258 g/mol. The Hall–Kier alpha value is -2.55. The number of aryl methyl sites for hydroxylation is 1. The first-order chi connectivity index (χ1) is 10.3. The number of benzene rings is 2. The van der Waals surface area contributed by atoms with E-state index in [0.29, 0.717) is 5.56 Å². The number of hydrogen-bond acceptors (Lipinski definition) is 2. The molecule has 3 rings (SSSR count). The summed E-state index contributed by atoms with van der Waals surface area (Å²) in [5.41, 5.74) is 3.73. The molecule has 1 aliphatic carbocycles. The zero-order valence-electron chi connectivity index (χ0n) is 11.6. The lowest BCUT2D eigenvalue weighted by molar-refractivity contribution is 0.122. The first-order valence-corrected chi connectivity index (χ1v) is 7.05. The highest BCUT2D eigenvalue weighted by molar-refractivity contribution is 5.41. The molecule has 0 bridgehead atoms.